The van der Waals surface area contributed by atoms with Gasteiger partial charge in [0, 0.05) is 24.7 Å². The van der Waals surface area contributed by atoms with Crippen molar-refractivity contribution in [2.75, 3.05) is 26.7 Å². The van der Waals surface area contributed by atoms with Crippen LogP contribution in [0, 0.1) is 5.41 Å². The Labute approximate surface area is 190 Å². The van der Waals surface area contributed by atoms with Gasteiger partial charge in [0.2, 0.25) is 5.88 Å². The van der Waals surface area contributed by atoms with Crippen molar-refractivity contribution < 1.29 is 14.6 Å². The molecular weight excluding hydrogens is 402 g/mol. The molecule has 2 atom stereocenters. The van der Waals surface area contributed by atoms with Gasteiger partial charge in [0.25, 0.3) is 0 Å². The average Bonchev–Trinajstić information content (AvgIpc) is 3.54. The number of hydrogen-bond donors (Lipinski definition) is 2. The number of amides is 1. The minimum atomic E-state index is -0.837. The van der Waals surface area contributed by atoms with Crippen molar-refractivity contribution in [1.29, 1.82) is 0 Å². The Hall–Kier alpha value is -2.86. The maximum absolute atomic E-state index is 12.6. The van der Waals surface area contributed by atoms with Gasteiger partial charge in [-0.3, -0.25) is 0 Å². The molecule has 2 heterocycles. The summed E-state index contributed by atoms with van der Waals surface area (Å²) in [6, 6.07) is 14.2. The first-order valence-corrected chi connectivity index (χ1v) is 11.4. The number of nitrogens with one attached hydrogen (secondary N) is 1. The van der Waals surface area contributed by atoms with E-state index in [-0.39, 0.29) is 11.3 Å². The number of carboxylic acid groups (broad SMARTS) is 1. The van der Waals surface area contributed by atoms with Gasteiger partial charge in [-0.05, 0) is 61.7 Å². The Kier molecular flexibility index (Phi) is 6.51. The number of rotatable bonds is 9. The van der Waals surface area contributed by atoms with Crippen LogP contribution >= 0.6 is 0 Å². The van der Waals surface area contributed by atoms with Gasteiger partial charge in [-0.2, -0.15) is 0 Å². The van der Waals surface area contributed by atoms with E-state index in [9.17, 15) is 9.90 Å². The zero-order chi connectivity index (χ0) is 22.6. The zero-order valence-electron chi connectivity index (χ0n) is 18.8. The van der Waals surface area contributed by atoms with E-state index >= 15 is 0 Å². The molecule has 1 aliphatic heterocycles. The largest absolute Gasteiger partial charge is 0.481 e. The van der Waals surface area contributed by atoms with Crippen molar-refractivity contribution in [1.82, 2.24) is 15.2 Å². The smallest absolute Gasteiger partial charge is 0.407 e. The standard InChI is InChI=1S/C26H33N3O3/c1-3-11-26(17-22(26)21-7-5-4-6-8-21)29(24(30)31)19-25(12-14-27-15-13-25)16-20-9-10-23(32-2)28-18-20/h3-10,18,22,27H,1,11-17,19H2,2H3,(H,30,31)/t22-,26+/m0/s1. The van der Waals surface area contributed by atoms with Crippen LogP contribution < -0.4 is 10.1 Å². The number of pyridine rings is 1. The molecule has 2 fully saturated rings. The molecule has 2 aliphatic rings. The Morgan fingerprint density at radius 2 is 2.03 bits per heavy atom. The molecule has 0 bridgehead atoms. The van der Waals surface area contributed by atoms with Crippen LogP contribution in [-0.4, -0.2) is 53.4 Å². The van der Waals surface area contributed by atoms with E-state index in [1.54, 1.807) is 12.0 Å². The monoisotopic (exact) mass is 435 g/mol. The third-order valence-corrected chi connectivity index (χ3v) is 7.26. The zero-order valence-corrected chi connectivity index (χ0v) is 18.8. The molecule has 0 unspecified atom stereocenters. The predicted molar refractivity (Wildman–Crippen MR) is 125 cm³/mol. The van der Waals surface area contributed by atoms with E-state index in [2.05, 4.69) is 29.0 Å². The Balaban J connectivity index is 1.62. The van der Waals surface area contributed by atoms with Crippen molar-refractivity contribution in [3.8, 4) is 5.88 Å². The lowest BCUT2D eigenvalue weighted by Crippen LogP contribution is -2.52. The average molecular weight is 436 g/mol. The highest BCUT2D eigenvalue weighted by molar-refractivity contribution is 5.68. The number of benzene rings is 1. The minimum absolute atomic E-state index is 0.127. The van der Waals surface area contributed by atoms with E-state index in [0.717, 1.165) is 44.3 Å². The summed E-state index contributed by atoms with van der Waals surface area (Å²) in [5, 5.41) is 13.8. The van der Waals surface area contributed by atoms with Gasteiger partial charge < -0.3 is 20.1 Å². The lowest BCUT2D eigenvalue weighted by molar-refractivity contribution is 0.0627. The van der Waals surface area contributed by atoms with Gasteiger partial charge in [0.1, 0.15) is 0 Å². The summed E-state index contributed by atoms with van der Waals surface area (Å²) in [7, 11) is 1.61. The topological polar surface area (TPSA) is 74.7 Å². The van der Waals surface area contributed by atoms with Gasteiger partial charge >= 0.3 is 6.09 Å². The van der Waals surface area contributed by atoms with Gasteiger partial charge in [0.15, 0.2) is 0 Å². The van der Waals surface area contributed by atoms with Gasteiger partial charge in [-0.25, -0.2) is 9.78 Å². The summed E-state index contributed by atoms with van der Waals surface area (Å²) in [6.45, 7) is 6.27. The summed E-state index contributed by atoms with van der Waals surface area (Å²) < 4.78 is 5.20. The van der Waals surface area contributed by atoms with Crippen molar-refractivity contribution in [3.63, 3.8) is 0 Å². The quantitative estimate of drug-likeness (QED) is 0.568. The molecule has 32 heavy (non-hydrogen) atoms. The van der Waals surface area contributed by atoms with E-state index in [1.807, 2.05) is 42.6 Å². The molecular formula is C26H33N3O3. The third kappa shape index (κ3) is 4.51. The molecule has 1 saturated carbocycles. The number of nitrogens with zero attached hydrogens (tertiary/aromatic N) is 2. The second kappa shape index (κ2) is 9.33. The summed E-state index contributed by atoms with van der Waals surface area (Å²) in [6.07, 6.45) is 7.07. The van der Waals surface area contributed by atoms with Crippen LogP contribution in [0.3, 0.4) is 0 Å². The fourth-order valence-electron chi connectivity index (χ4n) is 5.46. The fraction of sp³-hybridized carbons (Fsp3) is 0.462. The molecule has 4 rings (SSSR count). The number of aromatic nitrogens is 1. The fourth-order valence-corrected chi connectivity index (χ4v) is 5.46. The molecule has 1 aromatic carbocycles. The molecule has 2 aromatic rings. The predicted octanol–water partition coefficient (Wildman–Crippen LogP) is 4.48. The van der Waals surface area contributed by atoms with Crippen LogP contribution in [0.1, 0.15) is 42.7 Å². The van der Waals surface area contributed by atoms with Crippen LogP contribution in [0.4, 0.5) is 4.79 Å². The van der Waals surface area contributed by atoms with E-state index < -0.39 is 11.6 Å². The molecule has 1 saturated heterocycles. The first-order chi connectivity index (χ1) is 15.5. The lowest BCUT2D eigenvalue weighted by atomic mass is 9.73. The molecule has 1 aromatic heterocycles. The highest BCUT2D eigenvalue weighted by Crippen LogP contribution is 2.58. The van der Waals surface area contributed by atoms with Crippen LogP contribution in [0.25, 0.3) is 0 Å². The van der Waals surface area contributed by atoms with Crippen molar-refractivity contribution in [3.05, 3.63) is 72.4 Å². The summed E-state index contributed by atoms with van der Waals surface area (Å²) in [4.78, 5) is 18.8. The van der Waals surface area contributed by atoms with E-state index in [1.165, 1.54) is 5.56 Å². The molecule has 0 radical (unpaired) electrons. The normalized spacial score (nSPS) is 23.8. The minimum Gasteiger partial charge on any atom is -0.481 e. The van der Waals surface area contributed by atoms with Gasteiger partial charge in [-0.1, -0.05) is 42.5 Å². The number of piperidine rings is 1. The summed E-state index contributed by atoms with van der Waals surface area (Å²) in [5.74, 6) is 0.799. The Morgan fingerprint density at radius 1 is 1.28 bits per heavy atom. The molecule has 1 aliphatic carbocycles. The highest BCUT2D eigenvalue weighted by Gasteiger charge is 2.60. The first-order valence-electron chi connectivity index (χ1n) is 11.4. The Morgan fingerprint density at radius 3 is 2.62 bits per heavy atom. The SMILES string of the molecule is C=CC[C@@]1(N(CC2(Cc3ccc(OC)nc3)CCNCC2)C(=O)O)C[C@H]1c1ccccc1. The van der Waals surface area contributed by atoms with Crippen LogP contribution in [0.5, 0.6) is 5.88 Å². The van der Waals surface area contributed by atoms with Crippen LogP contribution in [-0.2, 0) is 6.42 Å². The molecule has 6 heteroatoms. The number of ether oxygens (including phenoxy) is 1. The summed E-state index contributed by atoms with van der Waals surface area (Å²) >= 11 is 0. The Bertz CT molecular complexity index is 925. The number of carbonyl (C=O) groups is 1. The van der Waals surface area contributed by atoms with Crippen LogP contribution in [0.15, 0.2) is 61.3 Å². The van der Waals surface area contributed by atoms with Gasteiger partial charge in [-0.15, -0.1) is 6.58 Å². The highest BCUT2D eigenvalue weighted by atomic mass is 16.5. The number of hydrogen-bond acceptors (Lipinski definition) is 4. The lowest BCUT2D eigenvalue weighted by Gasteiger charge is -2.43. The first kappa shape index (κ1) is 22.3. The maximum atomic E-state index is 12.6. The van der Waals surface area contributed by atoms with Crippen LogP contribution in [0.2, 0.25) is 0 Å². The van der Waals surface area contributed by atoms with Gasteiger partial charge in [0.05, 0.1) is 12.6 Å². The van der Waals surface area contributed by atoms with E-state index in [4.69, 9.17) is 4.74 Å². The van der Waals surface area contributed by atoms with Crippen molar-refractivity contribution >= 4 is 6.09 Å². The van der Waals surface area contributed by atoms with Crippen molar-refractivity contribution in [2.24, 2.45) is 5.41 Å². The molecule has 1 amide bonds. The second-order valence-electron chi connectivity index (χ2n) is 9.27. The summed E-state index contributed by atoms with van der Waals surface area (Å²) in [5.41, 5.74) is 1.79. The van der Waals surface area contributed by atoms with E-state index in [0.29, 0.717) is 18.8 Å². The van der Waals surface area contributed by atoms with Crippen molar-refractivity contribution in [2.45, 2.75) is 43.6 Å². The molecule has 170 valence electrons. The molecule has 6 nitrogen and oxygen atoms in total. The number of methoxy groups -OCH3 is 1. The second-order valence-corrected chi connectivity index (χ2v) is 9.27. The molecule has 2 N–H and O–H groups in total. The molecule has 0 spiro atoms. The maximum Gasteiger partial charge on any atom is 0.407 e. The third-order valence-electron chi connectivity index (χ3n) is 7.26.